The van der Waals surface area contributed by atoms with E-state index in [2.05, 4.69) is 12.2 Å². The molecule has 5 heteroatoms. The fraction of sp³-hybridized carbons (Fsp3) is 0.857. The van der Waals surface area contributed by atoms with E-state index >= 15 is 0 Å². The van der Waals surface area contributed by atoms with Crippen LogP contribution >= 0.6 is 11.8 Å². The van der Waals surface area contributed by atoms with E-state index in [0.717, 1.165) is 25.0 Å². The molecule has 1 saturated heterocycles. The van der Waals surface area contributed by atoms with Gasteiger partial charge in [0.05, 0.1) is 6.54 Å². The summed E-state index contributed by atoms with van der Waals surface area (Å²) in [5.41, 5.74) is 0. The number of hydrogen-bond acceptors (Lipinski definition) is 3. The van der Waals surface area contributed by atoms with E-state index in [9.17, 15) is 9.59 Å². The van der Waals surface area contributed by atoms with Gasteiger partial charge in [-0.3, -0.25) is 9.59 Å². The Hall–Kier alpha value is -0.710. The van der Waals surface area contributed by atoms with Crippen LogP contribution in [0.3, 0.4) is 0 Å². The molecule has 106 valence electrons. The highest BCUT2D eigenvalue weighted by Gasteiger charge is 2.46. The predicted molar refractivity (Wildman–Crippen MR) is 75.9 cm³/mol. The Morgan fingerprint density at radius 1 is 1.26 bits per heavy atom. The van der Waals surface area contributed by atoms with Crippen molar-refractivity contribution in [1.82, 2.24) is 10.2 Å². The lowest BCUT2D eigenvalue weighted by atomic mass is 10.1. The Morgan fingerprint density at radius 2 is 2.05 bits per heavy atom. The zero-order valence-corrected chi connectivity index (χ0v) is 12.2. The van der Waals surface area contributed by atoms with Crippen LogP contribution in [0.5, 0.6) is 0 Å². The highest BCUT2D eigenvalue weighted by molar-refractivity contribution is 7.99. The van der Waals surface area contributed by atoms with Crippen LogP contribution in [-0.2, 0) is 9.59 Å². The molecule has 2 saturated carbocycles. The fourth-order valence-electron chi connectivity index (χ4n) is 3.39. The molecule has 0 aromatic carbocycles. The first kappa shape index (κ1) is 13.3. The topological polar surface area (TPSA) is 49.4 Å². The molecule has 3 atom stereocenters. The molecule has 0 aromatic rings. The number of carbonyl (C=O) groups excluding carboxylic acids is 2. The van der Waals surface area contributed by atoms with Crippen molar-refractivity contribution in [3.05, 3.63) is 0 Å². The molecule has 1 N–H and O–H groups in total. The largest absolute Gasteiger partial charge is 0.342 e. The van der Waals surface area contributed by atoms with Gasteiger partial charge in [-0.1, -0.05) is 13.3 Å². The maximum Gasteiger partial charge on any atom is 0.246 e. The number of nitrogens with one attached hydrogen (secondary N) is 1. The van der Waals surface area contributed by atoms with E-state index < -0.39 is 0 Å². The van der Waals surface area contributed by atoms with E-state index in [0.29, 0.717) is 11.2 Å². The second-order valence-electron chi connectivity index (χ2n) is 5.84. The normalized spacial score (nSPS) is 35.6. The van der Waals surface area contributed by atoms with Crippen molar-refractivity contribution >= 4 is 23.6 Å². The highest BCUT2D eigenvalue weighted by atomic mass is 32.2. The highest BCUT2D eigenvalue weighted by Crippen LogP contribution is 2.38. The molecule has 1 aliphatic heterocycles. The molecule has 3 fully saturated rings. The molecule has 19 heavy (non-hydrogen) atoms. The number of nitrogens with zero attached hydrogens (tertiary/aromatic N) is 1. The van der Waals surface area contributed by atoms with Gasteiger partial charge in [0, 0.05) is 11.3 Å². The Balaban J connectivity index is 1.74. The van der Waals surface area contributed by atoms with Gasteiger partial charge in [-0.25, -0.2) is 0 Å². The number of piperazine rings is 1. The lowest BCUT2D eigenvalue weighted by Crippen LogP contribution is -2.62. The summed E-state index contributed by atoms with van der Waals surface area (Å²) in [6.45, 7) is 2.44. The first-order chi connectivity index (χ1) is 9.20. The van der Waals surface area contributed by atoms with E-state index in [4.69, 9.17) is 0 Å². The van der Waals surface area contributed by atoms with Crippen LogP contribution in [0.2, 0.25) is 0 Å². The summed E-state index contributed by atoms with van der Waals surface area (Å²) in [4.78, 5) is 26.4. The third-order valence-corrected chi connectivity index (χ3v) is 5.78. The Bertz CT molecular complexity index is 384. The van der Waals surface area contributed by atoms with Gasteiger partial charge in [-0.05, 0) is 37.4 Å². The Labute approximate surface area is 118 Å². The van der Waals surface area contributed by atoms with Gasteiger partial charge in [0.1, 0.15) is 6.04 Å². The minimum Gasteiger partial charge on any atom is -0.342 e. The molecule has 4 nitrogen and oxygen atoms in total. The molecule has 0 radical (unpaired) electrons. The smallest absolute Gasteiger partial charge is 0.246 e. The van der Waals surface area contributed by atoms with Gasteiger partial charge in [0.15, 0.2) is 0 Å². The predicted octanol–water partition coefficient (Wildman–Crippen LogP) is 1.40. The van der Waals surface area contributed by atoms with Crippen molar-refractivity contribution in [2.24, 2.45) is 5.92 Å². The Kier molecular flexibility index (Phi) is 3.74. The number of hydrogen-bond donors (Lipinski definition) is 1. The maximum atomic E-state index is 12.6. The van der Waals surface area contributed by atoms with Crippen LogP contribution in [-0.4, -0.2) is 46.3 Å². The van der Waals surface area contributed by atoms with Crippen molar-refractivity contribution in [2.75, 3.05) is 12.3 Å². The molecule has 1 heterocycles. The SMILES string of the molecule is CCSC1CCCC1N1CC(=O)NC(C2CC2)C1=O. The van der Waals surface area contributed by atoms with Gasteiger partial charge in [0.25, 0.3) is 0 Å². The van der Waals surface area contributed by atoms with Crippen molar-refractivity contribution in [1.29, 1.82) is 0 Å². The Morgan fingerprint density at radius 3 is 2.74 bits per heavy atom. The van der Waals surface area contributed by atoms with Crippen LogP contribution in [0.4, 0.5) is 0 Å². The summed E-state index contributed by atoms with van der Waals surface area (Å²) >= 11 is 1.94. The zero-order chi connectivity index (χ0) is 13.4. The minimum atomic E-state index is -0.228. The maximum absolute atomic E-state index is 12.6. The standard InChI is InChI=1S/C14H22N2O2S/c1-2-19-11-5-3-4-10(11)16-8-12(17)15-13(14(16)18)9-6-7-9/h9-11,13H,2-8H2,1H3,(H,15,17). The van der Waals surface area contributed by atoms with E-state index in [-0.39, 0.29) is 30.4 Å². The van der Waals surface area contributed by atoms with Crippen molar-refractivity contribution in [2.45, 2.75) is 56.4 Å². The molecule has 0 spiro atoms. The molecule has 2 amide bonds. The van der Waals surface area contributed by atoms with Crippen LogP contribution in [0, 0.1) is 5.92 Å². The number of carbonyl (C=O) groups is 2. The molecule has 3 aliphatic rings. The third kappa shape index (κ3) is 2.62. The van der Waals surface area contributed by atoms with Crippen molar-refractivity contribution in [3.63, 3.8) is 0 Å². The van der Waals surface area contributed by atoms with Crippen molar-refractivity contribution < 1.29 is 9.59 Å². The van der Waals surface area contributed by atoms with Crippen LogP contribution in [0.1, 0.15) is 39.0 Å². The quantitative estimate of drug-likeness (QED) is 0.848. The van der Waals surface area contributed by atoms with Gasteiger partial charge < -0.3 is 10.2 Å². The van der Waals surface area contributed by atoms with E-state index in [1.165, 1.54) is 12.8 Å². The molecular weight excluding hydrogens is 260 g/mol. The van der Waals surface area contributed by atoms with Gasteiger partial charge >= 0.3 is 0 Å². The van der Waals surface area contributed by atoms with Crippen LogP contribution < -0.4 is 5.32 Å². The van der Waals surface area contributed by atoms with E-state index in [1.807, 2.05) is 16.7 Å². The van der Waals surface area contributed by atoms with Crippen LogP contribution in [0.25, 0.3) is 0 Å². The number of thioether (sulfide) groups is 1. The molecule has 3 rings (SSSR count). The summed E-state index contributed by atoms with van der Waals surface area (Å²) in [7, 11) is 0. The summed E-state index contributed by atoms with van der Waals surface area (Å²) in [6.07, 6.45) is 5.60. The summed E-state index contributed by atoms with van der Waals surface area (Å²) in [5, 5.41) is 3.42. The lowest BCUT2D eigenvalue weighted by Gasteiger charge is -2.38. The van der Waals surface area contributed by atoms with Crippen molar-refractivity contribution in [3.8, 4) is 0 Å². The first-order valence-electron chi connectivity index (χ1n) is 7.42. The fourth-order valence-corrected chi connectivity index (χ4v) is 4.66. The van der Waals surface area contributed by atoms with E-state index in [1.54, 1.807) is 0 Å². The number of amides is 2. The lowest BCUT2D eigenvalue weighted by molar-refractivity contribution is -0.147. The van der Waals surface area contributed by atoms with Crippen LogP contribution in [0.15, 0.2) is 0 Å². The van der Waals surface area contributed by atoms with Gasteiger partial charge in [0.2, 0.25) is 11.8 Å². The average molecular weight is 282 g/mol. The molecule has 0 aromatic heterocycles. The summed E-state index contributed by atoms with van der Waals surface area (Å²) in [6, 6.07) is 0.0545. The number of rotatable bonds is 4. The molecule has 3 unspecified atom stereocenters. The second-order valence-corrected chi connectivity index (χ2v) is 7.36. The second kappa shape index (κ2) is 5.35. The molecule has 0 bridgehead atoms. The first-order valence-corrected chi connectivity index (χ1v) is 8.47. The average Bonchev–Trinajstić information content (AvgIpc) is 3.13. The summed E-state index contributed by atoms with van der Waals surface area (Å²) < 4.78 is 0. The summed E-state index contributed by atoms with van der Waals surface area (Å²) in [5.74, 6) is 1.69. The third-order valence-electron chi connectivity index (χ3n) is 4.47. The monoisotopic (exact) mass is 282 g/mol. The molecule has 2 aliphatic carbocycles. The zero-order valence-electron chi connectivity index (χ0n) is 11.4. The molecular formula is C14H22N2O2S. The van der Waals surface area contributed by atoms with Gasteiger partial charge in [-0.15, -0.1) is 0 Å². The minimum absolute atomic E-state index is 0.0312. The van der Waals surface area contributed by atoms with Gasteiger partial charge in [-0.2, -0.15) is 11.8 Å².